The summed E-state index contributed by atoms with van der Waals surface area (Å²) in [6.45, 7) is 7.94. The fraction of sp³-hybridized carbons (Fsp3) is 0.375. The van der Waals surface area contributed by atoms with Crippen molar-refractivity contribution in [1.29, 1.82) is 0 Å². The van der Waals surface area contributed by atoms with Crippen LogP contribution in [0, 0.1) is 0 Å². The SMILES string of the molecule is CCOC(=O)C1=C(C)N=c2s/c(=C/c3ccc(OCC(=O)N4CCOCC4)c(OCC)c3)c(=O)n2[C@@H]1c1ccc2c(c1)OCO2. The van der Waals surface area contributed by atoms with Crippen LogP contribution in [0.15, 0.2) is 57.5 Å². The van der Waals surface area contributed by atoms with Crippen molar-refractivity contribution in [2.45, 2.75) is 26.8 Å². The lowest BCUT2D eigenvalue weighted by Crippen LogP contribution is -2.43. The van der Waals surface area contributed by atoms with E-state index >= 15 is 0 Å². The van der Waals surface area contributed by atoms with E-state index in [-0.39, 0.29) is 37.0 Å². The molecule has 45 heavy (non-hydrogen) atoms. The first kappa shape index (κ1) is 30.4. The number of thiazole rings is 1. The molecular weight excluding hydrogens is 602 g/mol. The maximum Gasteiger partial charge on any atom is 0.338 e. The molecule has 0 spiro atoms. The Morgan fingerprint density at radius 1 is 1.02 bits per heavy atom. The van der Waals surface area contributed by atoms with Crippen molar-refractivity contribution in [2.24, 2.45) is 4.99 Å². The Labute approximate surface area is 262 Å². The lowest BCUT2D eigenvalue weighted by Gasteiger charge is -2.26. The molecule has 1 fully saturated rings. The summed E-state index contributed by atoms with van der Waals surface area (Å²) in [6, 6.07) is 9.85. The maximum absolute atomic E-state index is 14.0. The fourth-order valence-electron chi connectivity index (χ4n) is 5.39. The molecule has 0 radical (unpaired) electrons. The monoisotopic (exact) mass is 635 g/mol. The van der Waals surface area contributed by atoms with Crippen molar-refractivity contribution in [3.8, 4) is 23.0 Å². The highest BCUT2D eigenvalue weighted by Crippen LogP contribution is 2.38. The number of esters is 1. The third-order valence-corrected chi connectivity index (χ3v) is 8.49. The number of fused-ring (bicyclic) bond motifs is 2. The number of aromatic nitrogens is 1. The molecule has 12 nitrogen and oxygen atoms in total. The lowest BCUT2D eigenvalue weighted by molar-refractivity contribution is -0.139. The zero-order chi connectivity index (χ0) is 31.5. The number of benzene rings is 2. The number of rotatable bonds is 9. The summed E-state index contributed by atoms with van der Waals surface area (Å²) in [5, 5.41) is 0. The predicted molar refractivity (Wildman–Crippen MR) is 163 cm³/mol. The highest BCUT2D eigenvalue weighted by atomic mass is 32.1. The van der Waals surface area contributed by atoms with Crippen LogP contribution in [0.5, 0.6) is 23.0 Å². The van der Waals surface area contributed by atoms with Crippen LogP contribution in [0.2, 0.25) is 0 Å². The minimum Gasteiger partial charge on any atom is -0.490 e. The number of nitrogens with zero attached hydrogens (tertiary/aromatic N) is 3. The summed E-state index contributed by atoms with van der Waals surface area (Å²) in [4.78, 5) is 46.6. The third-order valence-electron chi connectivity index (χ3n) is 7.51. The van der Waals surface area contributed by atoms with Crippen molar-refractivity contribution in [2.75, 3.05) is 52.9 Å². The van der Waals surface area contributed by atoms with Gasteiger partial charge in [0, 0.05) is 13.1 Å². The first-order valence-electron chi connectivity index (χ1n) is 14.7. The van der Waals surface area contributed by atoms with E-state index < -0.39 is 12.0 Å². The molecule has 1 aromatic heterocycles. The van der Waals surface area contributed by atoms with Crippen molar-refractivity contribution in [3.63, 3.8) is 0 Å². The molecule has 3 aliphatic rings. The fourth-order valence-corrected chi connectivity index (χ4v) is 6.43. The molecule has 0 unspecified atom stereocenters. The first-order valence-corrected chi connectivity index (χ1v) is 15.5. The number of carbonyl (C=O) groups is 2. The third kappa shape index (κ3) is 6.18. The van der Waals surface area contributed by atoms with Gasteiger partial charge >= 0.3 is 5.97 Å². The second kappa shape index (κ2) is 13.2. The van der Waals surface area contributed by atoms with Gasteiger partial charge < -0.3 is 33.3 Å². The van der Waals surface area contributed by atoms with Crippen LogP contribution in [0.25, 0.3) is 6.08 Å². The molecule has 236 valence electrons. The summed E-state index contributed by atoms with van der Waals surface area (Å²) < 4.78 is 35.4. The van der Waals surface area contributed by atoms with Crippen LogP contribution in [-0.4, -0.2) is 74.3 Å². The van der Waals surface area contributed by atoms with Gasteiger partial charge in [0.1, 0.15) is 0 Å². The molecule has 3 aliphatic heterocycles. The van der Waals surface area contributed by atoms with Crippen LogP contribution in [-0.2, 0) is 19.1 Å². The normalized spacial score (nSPS) is 17.5. The zero-order valence-corrected chi connectivity index (χ0v) is 26.0. The molecule has 1 saturated heterocycles. The van der Waals surface area contributed by atoms with Crippen LogP contribution in [0.1, 0.15) is 37.9 Å². The van der Waals surface area contributed by atoms with E-state index in [2.05, 4.69) is 4.99 Å². The summed E-state index contributed by atoms with van der Waals surface area (Å²) in [5.74, 6) is 1.33. The zero-order valence-electron chi connectivity index (χ0n) is 25.2. The summed E-state index contributed by atoms with van der Waals surface area (Å²) >= 11 is 1.22. The van der Waals surface area contributed by atoms with Crippen molar-refractivity contribution in [3.05, 3.63) is 78.5 Å². The lowest BCUT2D eigenvalue weighted by atomic mass is 9.95. The molecule has 1 atom stereocenters. The second-order valence-electron chi connectivity index (χ2n) is 10.3. The van der Waals surface area contributed by atoms with Gasteiger partial charge in [-0.05, 0) is 62.2 Å². The quantitative estimate of drug-likeness (QED) is 0.325. The molecule has 2 aromatic carbocycles. The van der Waals surface area contributed by atoms with Crippen LogP contribution < -0.4 is 33.8 Å². The standard InChI is InChI=1S/C32H33N3O9S/c1-4-40-24-14-20(6-8-22(24)42-17-27(36)34-10-12-39-13-11-34)15-26-30(37)35-29(21-7-9-23-25(16-21)44-18-43-23)28(31(38)41-5-2)19(3)33-32(35)45-26/h6-9,14-16,29H,4-5,10-13,17-18H2,1-3H3/b26-15+/t29-/m1/s1. The Kier molecular flexibility index (Phi) is 8.90. The van der Waals surface area contributed by atoms with E-state index in [1.807, 2.05) is 13.0 Å². The van der Waals surface area contributed by atoms with Gasteiger partial charge in [-0.2, -0.15) is 0 Å². The Bertz CT molecular complexity index is 1840. The topological polar surface area (TPSA) is 127 Å². The number of carbonyl (C=O) groups excluding carboxylic acids is 2. The van der Waals surface area contributed by atoms with Crippen LogP contribution in [0.4, 0.5) is 0 Å². The molecule has 3 aromatic rings. The van der Waals surface area contributed by atoms with E-state index in [0.29, 0.717) is 82.1 Å². The second-order valence-corrected chi connectivity index (χ2v) is 11.3. The van der Waals surface area contributed by atoms with Gasteiger partial charge in [-0.25, -0.2) is 9.79 Å². The summed E-state index contributed by atoms with van der Waals surface area (Å²) in [6.07, 6.45) is 1.75. The minimum absolute atomic E-state index is 0.0961. The average Bonchev–Trinajstić information content (AvgIpc) is 3.64. The first-order chi connectivity index (χ1) is 21.9. The number of ether oxygens (including phenoxy) is 6. The smallest absolute Gasteiger partial charge is 0.338 e. The number of hydrogen-bond acceptors (Lipinski definition) is 11. The summed E-state index contributed by atoms with van der Waals surface area (Å²) in [7, 11) is 0. The van der Waals surface area contributed by atoms with E-state index in [0.717, 1.165) is 0 Å². The molecule has 0 bridgehead atoms. The predicted octanol–water partition coefficient (Wildman–Crippen LogP) is 2.16. The molecule has 0 saturated carbocycles. The van der Waals surface area contributed by atoms with Crippen molar-refractivity contribution in [1.82, 2.24) is 9.47 Å². The van der Waals surface area contributed by atoms with Crippen molar-refractivity contribution < 1.29 is 38.0 Å². The minimum atomic E-state index is -0.782. The van der Waals surface area contributed by atoms with Crippen LogP contribution in [0.3, 0.4) is 0 Å². The van der Waals surface area contributed by atoms with E-state index in [1.165, 1.54) is 15.9 Å². The van der Waals surface area contributed by atoms with Crippen molar-refractivity contribution >= 4 is 29.3 Å². The Morgan fingerprint density at radius 2 is 1.82 bits per heavy atom. The van der Waals surface area contributed by atoms with E-state index in [1.54, 1.807) is 55.2 Å². The van der Waals surface area contributed by atoms with Gasteiger partial charge in [0.2, 0.25) is 6.79 Å². The number of hydrogen-bond donors (Lipinski definition) is 0. The number of allylic oxidation sites excluding steroid dienone is 1. The molecular formula is C32H33N3O9S. The average molecular weight is 636 g/mol. The van der Waals surface area contributed by atoms with Gasteiger partial charge in [0.15, 0.2) is 34.4 Å². The Balaban J connectivity index is 1.35. The highest BCUT2D eigenvalue weighted by molar-refractivity contribution is 7.07. The molecule has 1 amide bonds. The van der Waals surface area contributed by atoms with E-state index in [4.69, 9.17) is 28.4 Å². The highest BCUT2D eigenvalue weighted by Gasteiger charge is 2.34. The van der Waals surface area contributed by atoms with Crippen LogP contribution >= 0.6 is 11.3 Å². The molecule has 0 aliphatic carbocycles. The number of morpholine rings is 1. The van der Waals surface area contributed by atoms with Gasteiger partial charge in [-0.3, -0.25) is 14.2 Å². The largest absolute Gasteiger partial charge is 0.490 e. The maximum atomic E-state index is 14.0. The molecule has 13 heteroatoms. The van der Waals surface area contributed by atoms with Gasteiger partial charge in [-0.1, -0.05) is 23.5 Å². The van der Waals surface area contributed by atoms with Gasteiger partial charge in [-0.15, -0.1) is 0 Å². The Morgan fingerprint density at radius 3 is 2.60 bits per heavy atom. The van der Waals surface area contributed by atoms with E-state index in [9.17, 15) is 14.4 Å². The Hall–Kier alpha value is -4.62. The van der Waals surface area contributed by atoms with Gasteiger partial charge in [0.25, 0.3) is 11.5 Å². The molecule has 4 heterocycles. The molecule has 6 rings (SSSR count). The number of amides is 1. The van der Waals surface area contributed by atoms with Gasteiger partial charge in [0.05, 0.1) is 48.3 Å². The summed E-state index contributed by atoms with van der Waals surface area (Å²) in [5.41, 5.74) is 1.79. The molecule has 0 N–H and O–H groups in total.